The van der Waals surface area contributed by atoms with Crippen LogP contribution < -0.4 is 10.1 Å². The van der Waals surface area contributed by atoms with Gasteiger partial charge in [0.2, 0.25) is 0 Å². The highest BCUT2D eigenvalue weighted by Gasteiger charge is 2.21. The minimum Gasteiger partial charge on any atom is -0.479 e. The zero-order chi connectivity index (χ0) is 15.0. The van der Waals surface area contributed by atoms with E-state index in [1.54, 1.807) is 6.07 Å². The van der Waals surface area contributed by atoms with Gasteiger partial charge in [0.15, 0.2) is 6.10 Å². The lowest BCUT2D eigenvalue weighted by Crippen LogP contribution is -2.27. The van der Waals surface area contributed by atoms with Crippen molar-refractivity contribution < 1.29 is 14.6 Å². The summed E-state index contributed by atoms with van der Waals surface area (Å²) < 4.78 is 5.64. The van der Waals surface area contributed by atoms with Crippen LogP contribution in [0.5, 0.6) is 5.75 Å². The van der Waals surface area contributed by atoms with E-state index in [1.165, 1.54) is 0 Å². The molecule has 0 bridgehead atoms. The number of carboxylic acid groups (broad SMARTS) is 1. The van der Waals surface area contributed by atoms with Crippen molar-refractivity contribution >= 4 is 17.6 Å². The Bertz CT molecular complexity index is 437. The van der Waals surface area contributed by atoms with E-state index in [2.05, 4.69) is 12.2 Å². The van der Waals surface area contributed by atoms with Gasteiger partial charge in [-0.25, -0.2) is 4.79 Å². The van der Waals surface area contributed by atoms with Crippen molar-refractivity contribution in [3.63, 3.8) is 0 Å². The van der Waals surface area contributed by atoms with Crippen molar-refractivity contribution in [2.45, 2.75) is 45.8 Å². The number of para-hydroxylation sites is 1. The molecular weight excluding hydrogens is 278 g/mol. The number of aliphatic carboxylic acids is 1. The fraction of sp³-hybridized carbons (Fsp3) is 0.533. The van der Waals surface area contributed by atoms with E-state index in [0.717, 1.165) is 24.9 Å². The lowest BCUT2D eigenvalue weighted by molar-refractivity contribution is -0.145. The number of benzene rings is 1. The third-order valence-electron chi connectivity index (χ3n) is 2.88. The molecule has 0 radical (unpaired) electrons. The molecule has 0 aliphatic heterocycles. The summed E-state index contributed by atoms with van der Waals surface area (Å²) in [5.41, 5.74) is 0.883. The Balaban J connectivity index is 2.87. The molecule has 1 aromatic carbocycles. The summed E-state index contributed by atoms with van der Waals surface area (Å²) in [4.78, 5) is 11.2. The van der Waals surface area contributed by atoms with Crippen LogP contribution in [0.2, 0.25) is 5.02 Å². The van der Waals surface area contributed by atoms with Crippen molar-refractivity contribution in [1.29, 1.82) is 0 Å². The standard InChI is InChI=1S/C15H22ClNO3/c1-3-6-13(15(18)19)20-14-11(10-17-9-4-2)7-5-8-12(14)16/h5,7-8,13,17H,3-4,6,9-10H2,1-2H3,(H,18,19). The monoisotopic (exact) mass is 299 g/mol. The van der Waals surface area contributed by atoms with Crippen LogP contribution in [-0.2, 0) is 11.3 Å². The molecule has 1 unspecified atom stereocenters. The number of carbonyl (C=O) groups is 1. The molecule has 0 aliphatic carbocycles. The van der Waals surface area contributed by atoms with E-state index in [0.29, 0.717) is 23.7 Å². The Kier molecular flexibility index (Phi) is 7.41. The van der Waals surface area contributed by atoms with Crippen LogP contribution in [0, 0.1) is 0 Å². The average molecular weight is 300 g/mol. The number of hydrogen-bond acceptors (Lipinski definition) is 3. The van der Waals surface area contributed by atoms with E-state index in [-0.39, 0.29) is 0 Å². The first-order chi connectivity index (χ1) is 9.60. The summed E-state index contributed by atoms with van der Waals surface area (Å²) in [7, 11) is 0. The first-order valence-corrected chi connectivity index (χ1v) is 7.35. The summed E-state index contributed by atoms with van der Waals surface area (Å²) in [6.45, 7) is 5.52. The fourth-order valence-corrected chi connectivity index (χ4v) is 2.10. The van der Waals surface area contributed by atoms with Crippen LogP contribution in [0.4, 0.5) is 0 Å². The highest BCUT2D eigenvalue weighted by atomic mass is 35.5. The molecule has 112 valence electrons. The molecule has 0 saturated carbocycles. The van der Waals surface area contributed by atoms with Gasteiger partial charge in [0.25, 0.3) is 0 Å². The van der Waals surface area contributed by atoms with Gasteiger partial charge in [-0.05, 0) is 25.5 Å². The van der Waals surface area contributed by atoms with Crippen LogP contribution in [0.1, 0.15) is 38.7 Å². The molecule has 1 aromatic rings. The highest BCUT2D eigenvalue weighted by molar-refractivity contribution is 6.32. The van der Waals surface area contributed by atoms with Gasteiger partial charge in [-0.15, -0.1) is 0 Å². The molecule has 0 saturated heterocycles. The molecule has 0 fully saturated rings. The third kappa shape index (κ3) is 5.02. The molecule has 1 rings (SSSR count). The molecule has 0 aliphatic rings. The largest absolute Gasteiger partial charge is 0.479 e. The molecule has 0 spiro atoms. The van der Waals surface area contributed by atoms with Crippen molar-refractivity contribution in [3.05, 3.63) is 28.8 Å². The molecule has 2 N–H and O–H groups in total. The first kappa shape index (κ1) is 16.8. The third-order valence-corrected chi connectivity index (χ3v) is 3.17. The summed E-state index contributed by atoms with van der Waals surface area (Å²) in [6, 6.07) is 5.45. The van der Waals surface area contributed by atoms with E-state index in [4.69, 9.17) is 16.3 Å². The Morgan fingerprint density at radius 3 is 2.75 bits per heavy atom. The molecule has 0 heterocycles. The van der Waals surface area contributed by atoms with Crippen LogP contribution >= 0.6 is 11.6 Å². The van der Waals surface area contributed by atoms with Crippen molar-refractivity contribution in [2.24, 2.45) is 0 Å². The number of nitrogens with one attached hydrogen (secondary N) is 1. The van der Waals surface area contributed by atoms with Crippen LogP contribution in [-0.4, -0.2) is 23.7 Å². The number of rotatable bonds is 9. The van der Waals surface area contributed by atoms with Crippen molar-refractivity contribution in [1.82, 2.24) is 5.32 Å². The number of carboxylic acids is 1. The van der Waals surface area contributed by atoms with Gasteiger partial charge >= 0.3 is 5.97 Å². The minimum atomic E-state index is -0.959. The Hall–Kier alpha value is -1.26. The Morgan fingerprint density at radius 2 is 2.15 bits per heavy atom. The van der Waals surface area contributed by atoms with E-state index >= 15 is 0 Å². The van der Waals surface area contributed by atoms with E-state index in [1.807, 2.05) is 19.1 Å². The molecular formula is C15H22ClNO3. The van der Waals surface area contributed by atoms with Gasteiger partial charge < -0.3 is 15.2 Å². The molecule has 0 amide bonds. The van der Waals surface area contributed by atoms with Gasteiger partial charge in [0.1, 0.15) is 5.75 Å². The fourth-order valence-electron chi connectivity index (χ4n) is 1.86. The molecule has 1 atom stereocenters. The zero-order valence-electron chi connectivity index (χ0n) is 12.0. The van der Waals surface area contributed by atoms with Crippen molar-refractivity contribution in [3.8, 4) is 5.75 Å². The summed E-state index contributed by atoms with van der Waals surface area (Å²) in [6.07, 6.45) is 1.38. The van der Waals surface area contributed by atoms with Crippen LogP contribution in [0.15, 0.2) is 18.2 Å². The molecule has 20 heavy (non-hydrogen) atoms. The molecule has 5 heteroatoms. The zero-order valence-corrected chi connectivity index (χ0v) is 12.7. The smallest absolute Gasteiger partial charge is 0.344 e. The predicted molar refractivity (Wildman–Crippen MR) is 80.4 cm³/mol. The lowest BCUT2D eigenvalue weighted by Gasteiger charge is -2.18. The van der Waals surface area contributed by atoms with Gasteiger partial charge in [-0.2, -0.15) is 0 Å². The lowest BCUT2D eigenvalue weighted by atomic mass is 10.1. The topological polar surface area (TPSA) is 58.6 Å². The van der Waals surface area contributed by atoms with Crippen LogP contribution in [0.25, 0.3) is 0 Å². The second kappa shape index (κ2) is 8.82. The second-order valence-electron chi connectivity index (χ2n) is 4.64. The number of hydrogen-bond donors (Lipinski definition) is 2. The van der Waals surface area contributed by atoms with Gasteiger partial charge in [0.05, 0.1) is 5.02 Å². The Labute approximate surface area is 125 Å². The minimum absolute atomic E-state index is 0.447. The molecule has 4 nitrogen and oxygen atoms in total. The maximum absolute atomic E-state index is 11.2. The van der Waals surface area contributed by atoms with Crippen molar-refractivity contribution in [2.75, 3.05) is 6.54 Å². The van der Waals surface area contributed by atoms with E-state index < -0.39 is 12.1 Å². The summed E-state index contributed by atoms with van der Waals surface area (Å²) in [5, 5.41) is 12.9. The Morgan fingerprint density at radius 1 is 1.40 bits per heavy atom. The SMILES string of the molecule is CCCNCc1cccc(Cl)c1OC(CCC)C(=O)O. The molecule has 0 aromatic heterocycles. The second-order valence-corrected chi connectivity index (χ2v) is 5.05. The average Bonchev–Trinajstić information content (AvgIpc) is 2.41. The van der Waals surface area contributed by atoms with E-state index in [9.17, 15) is 9.90 Å². The summed E-state index contributed by atoms with van der Waals surface area (Å²) in [5.74, 6) is -0.488. The normalized spacial score (nSPS) is 12.2. The number of ether oxygens (including phenoxy) is 1. The van der Waals surface area contributed by atoms with Gasteiger partial charge in [-0.1, -0.05) is 44.0 Å². The summed E-state index contributed by atoms with van der Waals surface area (Å²) >= 11 is 6.15. The maximum atomic E-state index is 11.2. The van der Waals surface area contributed by atoms with Gasteiger partial charge in [-0.3, -0.25) is 0 Å². The predicted octanol–water partition coefficient (Wildman–Crippen LogP) is 3.47. The van der Waals surface area contributed by atoms with Gasteiger partial charge in [0, 0.05) is 12.1 Å². The number of halogens is 1. The van der Waals surface area contributed by atoms with Crippen LogP contribution in [0.3, 0.4) is 0 Å². The quantitative estimate of drug-likeness (QED) is 0.686. The highest BCUT2D eigenvalue weighted by Crippen LogP contribution is 2.30. The first-order valence-electron chi connectivity index (χ1n) is 6.97. The maximum Gasteiger partial charge on any atom is 0.344 e.